The summed E-state index contributed by atoms with van der Waals surface area (Å²) in [6.07, 6.45) is 3.61. The highest BCUT2D eigenvalue weighted by atomic mass is 16.5. The van der Waals surface area contributed by atoms with E-state index in [4.69, 9.17) is 14.0 Å². The van der Waals surface area contributed by atoms with Gasteiger partial charge in [-0.1, -0.05) is 11.6 Å². The number of ether oxygens (including phenoxy) is 2. The third-order valence-corrected chi connectivity index (χ3v) is 5.12. The maximum atomic E-state index is 6.24. The minimum absolute atomic E-state index is 0.00671. The smallest absolute Gasteiger partial charge is 0.138 e. The van der Waals surface area contributed by atoms with Gasteiger partial charge in [-0.25, -0.2) is 0 Å². The lowest BCUT2D eigenvalue weighted by atomic mass is 9.89. The zero-order chi connectivity index (χ0) is 14.9. The fourth-order valence-corrected chi connectivity index (χ4v) is 3.92. The van der Waals surface area contributed by atoms with E-state index in [1.807, 2.05) is 13.8 Å². The zero-order valence-electron chi connectivity index (χ0n) is 13.4. The number of nitrogens with zero attached hydrogens (tertiary/aromatic N) is 2. The zero-order valence-corrected chi connectivity index (χ0v) is 13.4. The molecule has 0 radical (unpaired) electrons. The Bertz CT molecular complexity index is 468. The predicted molar refractivity (Wildman–Crippen MR) is 79.2 cm³/mol. The molecular weight excluding hydrogens is 268 g/mol. The Morgan fingerprint density at radius 3 is 3.00 bits per heavy atom. The second kappa shape index (κ2) is 6.07. The first-order valence-corrected chi connectivity index (χ1v) is 7.91. The normalized spacial score (nSPS) is 30.3. The molecule has 1 spiro atoms. The van der Waals surface area contributed by atoms with Crippen molar-refractivity contribution < 1.29 is 14.0 Å². The molecule has 1 saturated heterocycles. The number of hydrogen-bond acceptors (Lipinski definition) is 5. The summed E-state index contributed by atoms with van der Waals surface area (Å²) in [6, 6.07) is 0. The molecule has 5 heteroatoms. The van der Waals surface area contributed by atoms with Crippen LogP contribution < -0.4 is 0 Å². The van der Waals surface area contributed by atoms with Crippen molar-refractivity contribution in [2.24, 2.45) is 5.92 Å². The molecule has 2 fully saturated rings. The molecular formula is C16H26N2O3. The Morgan fingerprint density at radius 2 is 2.29 bits per heavy atom. The molecule has 3 rings (SSSR count). The van der Waals surface area contributed by atoms with E-state index in [9.17, 15) is 0 Å². The molecule has 0 amide bonds. The number of aryl methyl sites for hydroxylation is 2. The van der Waals surface area contributed by atoms with Crippen molar-refractivity contribution in [3.05, 3.63) is 17.0 Å². The monoisotopic (exact) mass is 294 g/mol. The first kappa shape index (κ1) is 15.0. The van der Waals surface area contributed by atoms with Gasteiger partial charge in [0.1, 0.15) is 5.76 Å². The van der Waals surface area contributed by atoms with E-state index in [0.717, 1.165) is 50.7 Å². The topological polar surface area (TPSA) is 47.7 Å². The van der Waals surface area contributed by atoms with Gasteiger partial charge in [0.2, 0.25) is 0 Å². The minimum Gasteiger partial charge on any atom is -0.384 e. The van der Waals surface area contributed by atoms with Gasteiger partial charge in [0.15, 0.2) is 0 Å². The highest BCUT2D eigenvalue weighted by Crippen LogP contribution is 2.41. The molecule has 0 bridgehead atoms. The number of rotatable bonds is 4. The summed E-state index contributed by atoms with van der Waals surface area (Å²) in [5, 5.41) is 4.06. The number of aromatic nitrogens is 1. The van der Waals surface area contributed by atoms with Crippen LogP contribution in [0.2, 0.25) is 0 Å². The second-order valence-electron chi connectivity index (χ2n) is 6.47. The van der Waals surface area contributed by atoms with E-state index in [1.54, 1.807) is 7.11 Å². The molecule has 2 atom stereocenters. The van der Waals surface area contributed by atoms with Crippen LogP contribution in [-0.2, 0) is 16.0 Å². The van der Waals surface area contributed by atoms with Gasteiger partial charge in [0.25, 0.3) is 0 Å². The largest absolute Gasteiger partial charge is 0.384 e. The van der Waals surface area contributed by atoms with Crippen LogP contribution in [0.15, 0.2) is 4.52 Å². The van der Waals surface area contributed by atoms with Gasteiger partial charge in [-0.05, 0) is 26.7 Å². The Labute approximate surface area is 126 Å². The summed E-state index contributed by atoms with van der Waals surface area (Å²) in [5.74, 6) is 1.46. The van der Waals surface area contributed by atoms with Crippen LogP contribution in [0.4, 0.5) is 0 Å². The minimum atomic E-state index is -0.00671. The molecule has 2 heterocycles. The summed E-state index contributed by atoms with van der Waals surface area (Å²) in [5.41, 5.74) is 2.23. The van der Waals surface area contributed by atoms with Gasteiger partial charge >= 0.3 is 0 Å². The van der Waals surface area contributed by atoms with Crippen LogP contribution in [0, 0.1) is 19.8 Å². The molecule has 1 aromatic rings. The van der Waals surface area contributed by atoms with Crippen molar-refractivity contribution in [1.29, 1.82) is 0 Å². The highest BCUT2D eigenvalue weighted by Gasteiger charge is 2.46. The Morgan fingerprint density at radius 1 is 1.43 bits per heavy atom. The lowest BCUT2D eigenvalue weighted by Gasteiger charge is -2.44. The van der Waals surface area contributed by atoms with Crippen molar-refractivity contribution in [2.45, 2.75) is 45.3 Å². The molecule has 1 saturated carbocycles. The molecule has 0 aromatic carbocycles. The summed E-state index contributed by atoms with van der Waals surface area (Å²) in [7, 11) is 1.79. The van der Waals surface area contributed by atoms with Crippen molar-refractivity contribution in [1.82, 2.24) is 10.1 Å². The van der Waals surface area contributed by atoms with Crippen LogP contribution in [0.3, 0.4) is 0 Å². The van der Waals surface area contributed by atoms with E-state index < -0.39 is 0 Å². The van der Waals surface area contributed by atoms with Crippen molar-refractivity contribution in [3.63, 3.8) is 0 Å². The molecule has 1 aliphatic carbocycles. The molecule has 2 aliphatic rings. The summed E-state index contributed by atoms with van der Waals surface area (Å²) in [4.78, 5) is 2.49. The average Bonchev–Trinajstić information content (AvgIpc) is 2.98. The maximum absolute atomic E-state index is 6.24. The highest BCUT2D eigenvalue weighted by molar-refractivity contribution is 5.20. The van der Waals surface area contributed by atoms with E-state index in [0.29, 0.717) is 5.92 Å². The fourth-order valence-electron chi connectivity index (χ4n) is 3.92. The van der Waals surface area contributed by atoms with Gasteiger partial charge in [0, 0.05) is 38.2 Å². The number of methoxy groups -OCH3 is 1. The van der Waals surface area contributed by atoms with Crippen molar-refractivity contribution >= 4 is 0 Å². The van der Waals surface area contributed by atoms with E-state index >= 15 is 0 Å². The molecule has 0 N–H and O–H groups in total. The van der Waals surface area contributed by atoms with Gasteiger partial charge < -0.3 is 14.0 Å². The Kier molecular flexibility index (Phi) is 4.33. The van der Waals surface area contributed by atoms with Gasteiger partial charge in [-0.2, -0.15) is 0 Å². The SMILES string of the molecule is COC[C@@H]1CCC[C@@]12CN(Cc1c(C)noc1C)CCO2. The molecule has 1 aliphatic heterocycles. The van der Waals surface area contributed by atoms with E-state index in [-0.39, 0.29) is 5.60 Å². The van der Waals surface area contributed by atoms with Crippen LogP contribution in [0.5, 0.6) is 0 Å². The lowest BCUT2D eigenvalue weighted by Crippen LogP contribution is -2.54. The van der Waals surface area contributed by atoms with Gasteiger partial charge in [0.05, 0.1) is 24.5 Å². The van der Waals surface area contributed by atoms with Crippen LogP contribution in [0.1, 0.15) is 36.3 Å². The quantitative estimate of drug-likeness (QED) is 0.853. The maximum Gasteiger partial charge on any atom is 0.138 e. The van der Waals surface area contributed by atoms with Gasteiger partial charge in [-0.3, -0.25) is 4.90 Å². The molecule has 0 unspecified atom stereocenters. The standard InChI is InChI=1S/C16H26N2O3/c1-12-15(13(2)21-17-12)9-18-7-8-20-16(11-18)6-4-5-14(16)10-19-3/h14H,4-11H2,1-3H3/t14-,16+/m0/s1. The molecule has 1 aromatic heterocycles. The lowest BCUT2D eigenvalue weighted by molar-refractivity contribution is -0.141. The molecule has 118 valence electrons. The van der Waals surface area contributed by atoms with E-state index in [2.05, 4.69) is 10.1 Å². The Hall–Kier alpha value is -0.910. The number of morpholine rings is 1. The summed E-state index contributed by atoms with van der Waals surface area (Å²) in [6.45, 7) is 8.51. The van der Waals surface area contributed by atoms with Crippen LogP contribution in [0.25, 0.3) is 0 Å². The molecule has 5 nitrogen and oxygen atoms in total. The van der Waals surface area contributed by atoms with Crippen LogP contribution in [-0.4, -0.2) is 49.1 Å². The predicted octanol–water partition coefficient (Wildman–Crippen LogP) is 2.31. The third kappa shape index (κ3) is 2.87. The first-order chi connectivity index (χ1) is 10.1. The van der Waals surface area contributed by atoms with Gasteiger partial charge in [-0.15, -0.1) is 0 Å². The Balaban J connectivity index is 1.71. The van der Waals surface area contributed by atoms with Crippen molar-refractivity contribution in [3.8, 4) is 0 Å². The second-order valence-corrected chi connectivity index (χ2v) is 6.47. The number of hydrogen-bond donors (Lipinski definition) is 0. The van der Waals surface area contributed by atoms with Crippen LogP contribution >= 0.6 is 0 Å². The van der Waals surface area contributed by atoms with Crippen molar-refractivity contribution in [2.75, 3.05) is 33.4 Å². The first-order valence-electron chi connectivity index (χ1n) is 7.91. The summed E-state index contributed by atoms with van der Waals surface area (Å²) >= 11 is 0. The third-order valence-electron chi connectivity index (χ3n) is 5.12. The van der Waals surface area contributed by atoms with E-state index in [1.165, 1.54) is 18.4 Å². The molecule has 21 heavy (non-hydrogen) atoms. The average molecular weight is 294 g/mol. The summed E-state index contributed by atoms with van der Waals surface area (Å²) < 4.78 is 16.9. The fraction of sp³-hybridized carbons (Fsp3) is 0.812.